The number of aromatic nitrogens is 2. The fraction of sp³-hybridized carbons (Fsp3) is 0.444. The van der Waals surface area contributed by atoms with Crippen LogP contribution in [0.1, 0.15) is 18.5 Å². The molecule has 0 spiro atoms. The van der Waals surface area contributed by atoms with Gasteiger partial charge in [0, 0.05) is 42.8 Å². The van der Waals surface area contributed by atoms with E-state index < -0.39 is 0 Å². The van der Waals surface area contributed by atoms with E-state index in [1.54, 1.807) is 14.2 Å². The van der Waals surface area contributed by atoms with E-state index in [0.29, 0.717) is 6.04 Å². The lowest BCUT2D eigenvalue weighted by molar-refractivity contribution is 0.355. The first-order valence-electron chi connectivity index (χ1n) is 8.23. The molecule has 0 aliphatic carbocycles. The fourth-order valence-corrected chi connectivity index (χ4v) is 3.03. The molecule has 3 rings (SSSR count). The van der Waals surface area contributed by atoms with Crippen molar-refractivity contribution >= 4 is 11.6 Å². The van der Waals surface area contributed by atoms with Crippen LogP contribution in [0.4, 0.5) is 11.6 Å². The molecule has 24 heavy (non-hydrogen) atoms. The van der Waals surface area contributed by atoms with E-state index in [2.05, 4.69) is 20.2 Å². The van der Waals surface area contributed by atoms with Crippen molar-refractivity contribution < 1.29 is 9.47 Å². The zero-order valence-corrected chi connectivity index (χ0v) is 14.5. The number of anilines is 2. The van der Waals surface area contributed by atoms with E-state index in [1.807, 2.05) is 37.4 Å². The molecule has 2 aromatic rings. The normalized spacial score (nSPS) is 17.5. The third kappa shape index (κ3) is 3.69. The molecule has 2 heterocycles. The van der Waals surface area contributed by atoms with Crippen LogP contribution in [0.25, 0.3) is 0 Å². The third-order valence-electron chi connectivity index (χ3n) is 4.24. The summed E-state index contributed by atoms with van der Waals surface area (Å²) in [6, 6.07) is 8.18. The molecule has 0 radical (unpaired) electrons. The van der Waals surface area contributed by atoms with Crippen molar-refractivity contribution in [1.29, 1.82) is 0 Å². The molecule has 1 atom stereocenters. The van der Waals surface area contributed by atoms with Gasteiger partial charge < -0.3 is 19.7 Å². The summed E-state index contributed by atoms with van der Waals surface area (Å²) in [6.07, 6.45) is 4.06. The van der Waals surface area contributed by atoms with Crippen molar-refractivity contribution in [3.8, 4) is 11.5 Å². The average Bonchev–Trinajstić information content (AvgIpc) is 2.62. The summed E-state index contributed by atoms with van der Waals surface area (Å²) in [5, 5.41) is 3.59. The molecule has 1 aromatic heterocycles. The van der Waals surface area contributed by atoms with Gasteiger partial charge in [-0.25, -0.2) is 9.97 Å². The molecule has 128 valence electrons. The molecule has 1 saturated heterocycles. The highest BCUT2D eigenvalue weighted by atomic mass is 16.5. The highest BCUT2D eigenvalue weighted by Gasteiger charge is 2.22. The number of rotatable bonds is 5. The Balaban J connectivity index is 1.69. The maximum absolute atomic E-state index is 5.37. The van der Waals surface area contributed by atoms with E-state index in [4.69, 9.17) is 9.47 Å². The number of methoxy groups -OCH3 is 2. The highest BCUT2D eigenvalue weighted by molar-refractivity contribution is 5.55. The first-order valence-corrected chi connectivity index (χ1v) is 8.23. The Labute approximate surface area is 142 Å². The number of nitrogens with one attached hydrogen (secondary N) is 1. The van der Waals surface area contributed by atoms with E-state index in [0.717, 1.165) is 54.8 Å². The minimum absolute atomic E-state index is 0.348. The van der Waals surface area contributed by atoms with Crippen molar-refractivity contribution in [3.05, 3.63) is 36.2 Å². The SMILES string of the molecule is COc1ccc(N[C@H]2CCCN(c3nccc(C)n3)C2)cc1OC. The summed E-state index contributed by atoms with van der Waals surface area (Å²) in [5.74, 6) is 2.28. The zero-order chi connectivity index (χ0) is 16.9. The number of benzene rings is 1. The maximum atomic E-state index is 5.37. The molecule has 1 N–H and O–H groups in total. The van der Waals surface area contributed by atoms with Crippen molar-refractivity contribution in [3.63, 3.8) is 0 Å². The molecular weight excluding hydrogens is 304 g/mol. The standard InChI is InChI=1S/C18H24N4O2/c1-13-8-9-19-18(20-13)22-10-4-5-15(12-22)21-14-6-7-16(23-2)17(11-14)24-3/h6-9,11,15,21H,4-5,10,12H2,1-3H3/t15-/m0/s1. The minimum atomic E-state index is 0.348. The molecule has 1 aliphatic rings. The van der Waals surface area contributed by atoms with Crippen molar-refractivity contribution in [2.24, 2.45) is 0 Å². The Bertz CT molecular complexity index is 692. The Morgan fingerprint density at radius 1 is 1.17 bits per heavy atom. The lowest BCUT2D eigenvalue weighted by Gasteiger charge is -2.33. The Morgan fingerprint density at radius 3 is 2.75 bits per heavy atom. The summed E-state index contributed by atoms with van der Waals surface area (Å²) in [7, 11) is 3.30. The number of ether oxygens (including phenoxy) is 2. The van der Waals surface area contributed by atoms with Crippen LogP contribution >= 0.6 is 0 Å². The van der Waals surface area contributed by atoms with Crippen LogP contribution in [-0.4, -0.2) is 43.3 Å². The Hall–Kier alpha value is -2.50. The predicted molar refractivity (Wildman–Crippen MR) is 95.2 cm³/mol. The van der Waals surface area contributed by atoms with Crippen molar-refractivity contribution in [2.75, 3.05) is 37.5 Å². The average molecular weight is 328 g/mol. The Kier molecular flexibility index (Phi) is 5.03. The van der Waals surface area contributed by atoms with Gasteiger partial charge in [0.25, 0.3) is 0 Å². The zero-order valence-electron chi connectivity index (χ0n) is 14.5. The third-order valence-corrected chi connectivity index (χ3v) is 4.24. The molecule has 0 saturated carbocycles. The number of hydrogen-bond acceptors (Lipinski definition) is 6. The molecule has 0 unspecified atom stereocenters. The van der Waals surface area contributed by atoms with Crippen molar-refractivity contribution in [1.82, 2.24) is 9.97 Å². The molecule has 6 nitrogen and oxygen atoms in total. The van der Waals surface area contributed by atoms with Crippen LogP contribution < -0.4 is 19.7 Å². The first kappa shape index (κ1) is 16.4. The van der Waals surface area contributed by atoms with Gasteiger partial charge in [-0.15, -0.1) is 0 Å². The van der Waals surface area contributed by atoms with Gasteiger partial charge in [0.1, 0.15) is 0 Å². The molecule has 1 aliphatic heterocycles. The second-order valence-electron chi connectivity index (χ2n) is 6.00. The minimum Gasteiger partial charge on any atom is -0.493 e. The van der Waals surface area contributed by atoms with Gasteiger partial charge in [-0.05, 0) is 38.0 Å². The molecule has 6 heteroatoms. The summed E-state index contributed by atoms with van der Waals surface area (Å²) in [4.78, 5) is 11.2. The molecule has 1 fully saturated rings. The van der Waals surface area contributed by atoms with Crippen LogP contribution in [0.15, 0.2) is 30.5 Å². The van der Waals surface area contributed by atoms with Gasteiger partial charge >= 0.3 is 0 Å². The van der Waals surface area contributed by atoms with Gasteiger partial charge in [-0.1, -0.05) is 0 Å². The molecule has 0 amide bonds. The Morgan fingerprint density at radius 2 is 2.00 bits per heavy atom. The predicted octanol–water partition coefficient (Wildman–Crippen LogP) is 2.88. The van der Waals surface area contributed by atoms with Crippen molar-refractivity contribution in [2.45, 2.75) is 25.8 Å². The fourth-order valence-electron chi connectivity index (χ4n) is 3.03. The number of nitrogens with zero attached hydrogens (tertiary/aromatic N) is 3. The lowest BCUT2D eigenvalue weighted by atomic mass is 10.1. The van der Waals surface area contributed by atoms with E-state index in [-0.39, 0.29) is 0 Å². The summed E-state index contributed by atoms with van der Waals surface area (Å²) < 4.78 is 10.7. The lowest BCUT2D eigenvalue weighted by Crippen LogP contribution is -2.43. The van der Waals surface area contributed by atoms with E-state index in [9.17, 15) is 0 Å². The summed E-state index contributed by atoms with van der Waals surface area (Å²) >= 11 is 0. The quantitative estimate of drug-likeness (QED) is 0.911. The van der Waals surface area contributed by atoms with Crippen LogP contribution in [-0.2, 0) is 0 Å². The van der Waals surface area contributed by atoms with Crippen LogP contribution in [0.3, 0.4) is 0 Å². The van der Waals surface area contributed by atoms with E-state index >= 15 is 0 Å². The van der Waals surface area contributed by atoms with Gasteiger partial charge in [-0.3, -0.25) is 0 Å². The van der Waals surface area contributed by atoms with Crippen LogP contribution in [0.2, 0.25) is 0 Å². The number of aryl methyl sites for hydroxylation is 1. The number of hydrogen-bond donors (Lipinski definition) is 1. The topological polar surface area (TPSA) is 59.5 Å². The van der Waals surface area contributed by atoms with Gasteiger partial charge in [0.15, 0.2) is 11.5 Å². The van der Waals surface area contributed by atoms with Gasteiger partial charge in [0.2, 0.25) is 5.95 Å². The van der Waals surface area contributed by atoms with Gasteiger partial charge in [-0.2, -0.15) is 0 Å². The summed E-state index contributed by atoms with van der Waals surface area (Å²) in [6.45, 7) is 3.87. The summed E-state index contributed by atoms with van der Waals surface area (Å²) in [5.41, 5.74) is 2.03. The molecule has 0 bridgehead atoms. The first-order chi connectivity index (χ1) is 11.7. The van der Waals surface area contributed by atoms with Gasteiger partial charge in [0.05, 0.1) is 14.2 Å². The second kappa shape index (κ2) is 7.38. The van der Waals surface area contributed by atoms with Crippen LogP contribution in [0, 0.1) is 6.92 Å². The molecular formula is C18H24N4O2. The van der Waals surface area contributed by atoms with E-state index in [1.165, 1.54) is 0 Å². The second-order valence-corrected chi connectivity index (χ2v) is 6.00. The maximum Gasteiger partial charge on any atom is 0.225 e. The highest BCUT2D eigenvalue weighted by Crippen LogP contribution is 2.30. The monoisotopic (exact) mass is 328 g/mol. The number of piperidine rings is 1. The molecule has 1 aromatic carbocycles. The smallest absolute Gasteiger partial charge is 0.225 e. The van der Waals surface area contributed by atoms with Crippen LogP contribution in [0.5, 0.6) is 11.5 Å². The largest absolute Gasteiger partial charge is 0.493 e.